The number of nitrogens with one attached hydrogen (secondary N) is 1. The van der Waals surface area contributed by atoms with E-state index in [4.69, 9.17) is 11.6 Å². The topological polar surface area (TPSA) is 29.9 Å². The molecule has 0 fully saturated rings. The fourth-order valence-electron chi connectivity index (χ4n) is 1.53. The molecule has 17 heavy (non-hydrogen) atoms. The second-order valence-corrected chi connectivity index (χ2v) is 6.31. The largest absolute Gasteiger partial charge is 0.338 e. The molecule has 6 heteroatoms. The molecule has 0 radical (unpaired) electrons. The molecule has 2 rings (SSSR count). The van der Waals surface area contributed by atoms with Gasteiger partial charge in [-0.25, -0.2) is 4.98 Å². The van der Waals surface area contributed by atoms with Crippen LogP contribution in [-0.4, -0.2) is 16.1 Å². The Morgan fingerprint density at radius 1 is 1.59 bits per heavy atom. The Labute approximate surface area is 118 Å². The number of thiophene rings is 1. The van der Waals surface area contributed by atoms with Crippen LogP contribution >= 0.6 is 38.9 Å². The van der Waals surface area contributed by atoms with Crippen molar-refractivity contribution in [1.82, 2.24) is 14.9 Å². The standard InChI is InChI=1S/C11H13BrClN3S/c1-16-5-4-15-10(16)2-3-14-7-8-6-9(12)11(13)17-8/h4-6,14H,2-3,7H2,1H3. The van der Waals surface area contributed by atoms with Crippen LogP contribution in [-0.2, 0) is 20.0 Å². The van der Waals surface area contributed by atoms with Crippen LogP contribution in [0.3, 0.4) is 0 Å². The maximum absolute atomic E-state index is 5.97. The van der Waals surface area contributed by atoms with E-state index in [-0.39, 0.29) is 0 Å². The summed E-state index contributed by atoms with van der Waals surface area (Å²) in [5.41, 5.74) is 0. The van der Waals surface area contributed by atoms with Gasteiger partial charge in [0.2, 0.25) is 0 Å². The van der Waals surface area contributed by atoms with Gasteiger partial charge in [-0.15, -0.1) is 11.3 Å². The Kier molecular flexibility index (Phi) is 4.62. The summed E-state index contributed by atoms with van der Waals surface area (Å²) in [5, 5.41) is 3.39. The van der Waals surface area contributed by atoms with Crippen molar-refractivity contribution in [3.63, 3.8) is 0 Å². The van der Waals surface area contributed by atoms with Gasteiger partial charge in [-0.05, 0) is 22.0 Å². The number of aryl methyl sites for hydroxylation is 1. The maximum atomic E-state index is 5.97. The Morgan fingerprint density at radius 2 is 2.41 bits per heavy atom. The third-order valence-electron chi connectivity index (χ3n) is 2.44. The van der Waals surface area contributed by atoms with Gasteiger partial charge in [0.05, 0.1) is 0 Å². The third-order valence-corrected chi connectivity index (χ3v) is 4.92. The smallest absolute Gasteiger partial charge is 0.109 e. The molecule has 0 aliphatic heterocycles. The van der Waals surface area contributed by atoms with Gasteiger partial charge in [0, 0.05) is 48.3 Å². The predicted octanol–water partition coefficient (Wildman–Crippen LogP) is 3.23. The number of hydrogen-bond acceptors (Lipinski definition) is 3. The van der Waals surface area contributed by atoms with Crippen LogP contribution < -0.4 is 5.32 Å². The molecule has 2 aromatic rings. The van der Waals surface area contributed by atoms with Gasteiger partial charge in [-0.1, -0.05) is 11.6 Å². The van der Waals surface area contributed by atoms with Crippen LogP contribution in [0.4, 0.5) is 0 Å². The van der Waals surface area contributed by atoms with Crippen LogP contribution in [0.15, 0.2) is 22.9 Å². The zero-order valence-corrected chi connectivity index (χ0v) is 12.6. The summed E-state index contributed by atoms with van der Waals surface area (Å²) in [6.07, 6.45) is 4.72. The average Bonchev–Trinajstić information content (AvgIpc) is 2.82. The molecule has 0 aliphatic carbocycles. The Bertz CT molecular complexity index is 475. The van der Waals surface area contributed by atoms with Crippen molar-refractivity contribution in [3.8, 4) is 0 Å². The molecule has 0 saturated carbocycles. The van der Waals surface area contributed by atoms with E-state index in [1.807, 2.05) is 24.0 Å². The molecule has 0 aliphatic rings. The molecule has 0 saturated heterocycles. The SMILES string of the molecule is Cn1ccnc1CCNCc1cc(Br)c(Cl)s1. The minimum atomic E-state index is 0.811. The zero-order chi connectivity index (χ0) is 12.3. The lowest BCUT2D eigenvalue weighted by molar-refractivity contribution is 0.659. The van der Waals surface area contributed by atoms with Crippen molar-refractivity contribution in [3.05, 3.63) is 38.0 Å². The number of halogens is 2. The van der Waals surface area contributed by atoms with Crippen LogP contribution in [0, 0.1) is 0 Å². The van der Waals surface area contributed by atoms with Crippen molar-refractivity contribution in [2.75, 3.05) is 6.54 Å². The second-order valence-electron chi connectivity index (χ2n) is 3.72. The Hall–Kier alpha value is -0.360. The van der Waals surface area contributed by atoms with Gasteiger partial charge in [0.15, 0.2) is 0 Å². The molecule has 0 aromatic carbocycles. The van der Waals surface area contributed by atoms with Crippen LogP contribution in [0.5, 0.6) is 0 Å². The number of imidazole rings is 1. The highest BCUT2D eigenvalue weighted by Crippen LogP contribution is 2.31. The first kappa shape index (κ1) is 13.1. The van der Waals surface area contributed by atoms with E-state index in [9.17, 15) is 0 Å². The lowest BCUT2D eigenvalue weighted by Gasteiger charge is -2.03. The van der Waals surface area contributed by atoms with E-state index in [2.05, 4.69) is 32.3 Å². The van der Waals surface area contributed by atoms with Gasteiger partial charge < -0.3 is 9.88 Å². The summed E-state index contributed by atoms with van der Waals surface area (Å²) in [6.45, 7) is 1.76. The minimum Gasteiger partial charge on any atom is -0.338 e. The number of aromatic nitrogens is 2. The lowest BCUT2D eigenvalue weighted by atomic mass is 10.4. The summed E-state index contributed by atoms with van der Waals surface area (Å²) >= 11 is 11.0. The van der Waals surface area contributed by atoms with Crippen LogP contribution in [0.2, 0.25) is 4.34 Å². The fraction of sp³-hybridized carbons (Fsp3) is 0.364. The molecular weight excluding hydrogens is 322 g/mol. The van der Waals surface area contributed by atoms with Crippen molar-refractivity contribution < 1.29 is 0 Å². The van der Waals surface area contributed by atoms with E-state index >= 15 is 0 Å². The number of nitrogens with zero attached hydrogens (tertiary/aromatic N) is 2. The van der Waals surface area contributed by atoms with Gasteiger partial charge in [0.25, 0.3) is 0 Å². The summed E-state index contributed by atoms with van der Waals surface area (Å²) in [4.78, 5) is 5.51. The first-order valence-electron chi connectivity index (χ1n) is 5.27. The van der Waals surface area contributed by atoms with Gasteiger partial charge >= 0.3 is 0 Å². The highest BCUT2D eigenvalue weighted by atomic mass is 79.9. The maximum Gasteiger partial charge on any atom is 0.109 e. The number of hydrogen-bond donors (Lipinski definition) is 1. The van der Waals surface area contributed by atoms with Gasteiger partial charge in [-0.3, -0.25) is 0 Å². The van der Waals surface area contributed by atoms with E-state index in [0.29, 0.717) is 0 Å². The zero-order valence-electron chi connectivity index (χ0n) is 9.41. The molecule has 2 aromatic heterocycles. The quantitative estimate of drug-likeness (QED) is 0.851. The van der Waals surface area contributed by atoms with Gasteiger partial charge in [0.1, 0.15) is 10.2 Å². The normalized spacial score (nSPS) is 11.0. The van der Waals surface area contributed by atoms with Crippen LogP contribution in [0.25, 0.3) is 0 Å². The van der Waals surface area contributed by atoms with E-state index < -0.39 is 0 Å². The molecule has 92 valence electrons. The molecule has 1 N–H and O–H groups in total. The average molecular weight is 335 g/mol. The molecule has 0 spiro atoms. The summed E-state index contributed by atoms with van der Waals surface area (Å²) in [5.74, 6) is 1.10. The molecule has 2 heterocycles. The molecule has 3 nitrogen and oxygen atoms in total. The van der Waals surface area contributed by atoms with Crippen LogP contribution in [0.1, 0.15) is 10.7 Å². The fourth-order valence-corrected chi connectivity index (χ4v) is 3.29. The lowest BCUT2D eigenvalue weighted by Crippen LogP contribution is -2.17. The first-order valence-corrected chi connectivity index (χ1v) is 7.26. The molecule has 0 atom stereocenters. The van der Waals surface area contributed by atoms with E-state index in [0.717, 1.165) is 34.1 Å². The van der Waals surface area contributed by atoms with Crippen molar-refractivity contribution >= 4 is 38.9 Å². The highest BCUT2D eigenvalue weighted by molar-refractivity contribution is 9.10. The predicted molar refractivity (Wildman–Crippen MR) is 75.6 cm³/mol. The summed E-state index contributed by atoms with van der Waals surface area (Å²) in [7, 11) is 2.01. The van der Waals surface area contributed by atoms with Gasteiger partial charge in [-0.2, -0.15) is 0 Å². The van der Waals surface area contributed by atoms with E-state index in [1.165, 1.54) is 4.88 Å². The third kappa shape index (κ3) is 3.55. The monoisotopic (exact) mass is 333 g/mol. The Morgan fingerprint density at radius 3 is 3.00 bits per heavy atom. The highest BCUT2D eigenvalue weighted by Gasteiger charge is 2.04. The van der Waals surface area contributed by atoms with Crippen molar-refractivity contribution in [2.24, 2.45) is 7.05 Å². The number of rotatable bonds is 5. The molecule has 0 amide bonds. The van der Waals surface area contributed by atoms with Crippen molar-refractivity contribution in [1.29, 1.82) is 0 Å². The van der Waals surface area contributed by atoms with Crippen molar-refractivity contribution in [2.45, 2.75) is 13.0 Å². The Balaban J connectivity index is 1.75. The summed E-state index contributed by atoms with van der Waals surface area (Å²) < 4.78 is 3.83. The van der Waals surface area contributed by atoms with E-state index in [1.54, 1.807) is 11.3 Å². The second kappa shape index (κ2) is 6.00. The first-order chi connectivity index (χ1) is 8.16. The molecule has 0 bridgehead atoms. The minimum absolute atomic E-state index is 0.811. The molecular formula is C11H13BrClN3S. The summed E-state index contributed by atoms with van der Waals surface area (Å²) in [6, 6.07) is 2.06. The molecule has 0 unspecified atom stereocenters.